The first-order chi connectivity index (χ1) is 32.4. The van der Waals surface area contributed by atoms with Gasteiger partial charge in [0, 0.05) is 31.2 Å². The van der Waals surface area contributed by atoms with Crippen molar-refractivity contribution in [2.45, 2.75) is 118 Å². The Morgan fingerprint density at radius 3 is 1.95 bits per heavy atom. The topological polar surface area (TPSA) is 50.9 Å². The highest BCUT2D eigenvalue weighted by Crippen LogP contribution is 2.45. The molecule has 2 aromatic heterocycles. The normalized spacial score (nSPS) is 14.4. The molecule has 326 valence electrons. The van der Waals surface area contributed by atoms with Gasteiger partial charge in [0.2, 0.25) is 0 Å². The lowest BCUT2D eigenvalue weighted by Crippen LogP contribution is -2.13. The molecule has 0 bridgehead atoms. The van der Waals surface area contributed by atoms with E-state index in [9.17, 15) is 7.85 Å². The van der Waals surface area contributed by atoms with Gasteiger partial charge in [-0.2, -0.15) is 0 Å². The van der Waals surface area contributed by atoms with Crippen LogP contribution in [0.2, 0.25) is 0 Å². The highest BCUT2D eigenvalue weighted by Gasteiger charge is 2.26. The number of para-hydroxylation sites is 1. The van der Waals surface area contributed by atoms with E-state index in [2.05, 4.69) is 107 Å². The van der Waals surface area contributed by atoms with Crippen LogP contribution in [0.15, 0.2) is 134 Å². The van der Waals surface area contributed by atoms with E-state index in [1.165, 1.54) is 5.56 Å². The fourth-order valence-electron chi connectivity index (χ4n) is 8.74. The van der Waals surface area contributed by atoms with Crippen LogP contribution in [0.4, 0.5) is 0 Å². The third-order valence-electron chi connectivity index (χ3n) is 12.4. The molecule has 1 N–H and O–H groups in total. The first-order valence-corrected chi connectivity index (χ1v) is 22.3. The smallest absolute Gasteiger partial charge is 0.149 e. The van der Waals surface area contributed by atoms with Gasteiger partial charge in [0.25, 0.3) is 0 Å². The van der Waals surface area contributed by atoms with Crippen LogP contribution in [0.25, 0.3) is 72.7 Å². The van der Waals surface area contributed by atoms with E-state index in [0.717, 1.165) is 67.0 Å². The number of imidazole rings is 1. The van der Waals surface area contributed by atoms with Crippen LogP contribution in [0, 0.1) is 6.85 Å². The fraction of sp³-hybridized carbons (Fsp3) is 0.300. The largest absolute Gasteiger partial charge is 0.507 e. The minimum Gasteiger partial charge on any atom is -0.507 e. The lowest BCUT2D eigenvalue weighted by atomic mass is 9.80. The van der Waals surface area contributed by atoms with Gasteiger partial charge in [-0.3, -0.25) is 9.55 Å². The molecule has 0 radical (unpaired) electrons. The van der Waals surface area contributed by atoms with Crippen molar-refractivity contribution in [3.63, 3.8) is 0 Å². The number of nitrogens with zero attached hydrogens (tertiary/aromatic N) is 3. The number of hydrogen-bond acceptors (Lipinski definition) is 3. The summed E-state index contributed by atoms with van der Waals surface area (Å²) in [6.07, 6.45) is 1.78. The van der Waals surface area contributed by atoms with Crippen molar-refractivity contribution in [1.29, 1.82) is 0 Å². The zero-order valence-corrected chi connectivity index (χ0v) is 39.5. The fourth-order valence-corrected chi connectivity index (χ4v) is 8.74. The number of benzene rings is 6. The molecule has 0 spiro atoms. The molecule has 0 aliphatic heterocycles. The molecule has 0 aliphatic carbocycles. The minimum atomic E-state index is -2.19. The van der Waals surface area contributed by atoms with E-state index < -0.39 is 24.5 Å². The number of aryl methyl sites for hydroxylation is 1. The molecule has 0 saturated carbocycles. The molecular formula is C60H65N3O. The summed E-state index contributed by atoms with van der Waals surface area (Å²) >= 11 is 0. The summed E-state index contributed by atoms with van der Waals surface area (Å²) in [5, 5.41) is 12.4. The summed E-state index contributed by atoms with van der Waals surface area (Å²) in [6.45, 7) is 21.9. The molecule has 0 saturated heterocycles. The molecule has 4 heteroatoms. The van der Waals surface area contributed by atoms with Crippen molar-refractivity contribution in [2.24, 2.45) is 0 Å². The zero-order chi connectivity index (χ0) is 51.1. The number of aromatic nitrogens is 3. The van der Waals surface area contributed by atoms with Gasteiger partial charge < -0.3 is 5.11 Å². The van der Waals surface area contributed by atoms with Gasteiger partial charge in [-0.15, -0.1) is 0 Å². The Kier molecular flexibility index (Phi) is 9.89. The standard InChI is InChI=1S/C60H65N3O/c1-36(2)42-32-51(38(5)6)57(64)52(33-42)58-62-56-47(43-29-44(31-45(30-43)59(8,9)10)54-34-41(27-28-61-54)40-23-21-39(7)22-24-40)18-16-20-55(56)63(58)46-25-26-48(50(35-46)37(3)4)49-17-14-15-19-53(49)60(11,12)13/h14-38,64H,1-13H3/i7D3,36D,37D,38D. The van der Waals surface area contributed by atoms with Crippen molar-refractivity contribution in [3.8, 4) is 67.5 Å². The summed E-state index contributed by atoms with van der Waals surface area (Å²) in [5.74, 6) is -2.92. The third-order valence-corrected chi connectivity index (χ3v) is 12.4. The molecule has 0 atom stereocenters. The lowest BCUT2D eigenvalue weighted by Gasteiger charge is -2.25. The number of aromatic hydroxyl groups is 1. The Hall–Kier alpha value is -6.26. The van der Waals surface area contributed by atoms with E-state index in [4.69, 9.17) is 15.5 Å². The Morgan fingerprint density at radius 2 is 1.28 bits per heavy atom. The quantitative estimate of drug-likeness (QED) is 0.157. The maximum absolute atomic E-state index is 12.4. The highest BCUT2D eigenvalue weighted by molar-refractivity contribution is 5.97. The monoisotopic (exact) mass is 850 g/mol. The summed E-state index contributed by atoms with van der Waals surface area (Å²) in [7, 11) is 0. The maximum atomic E-state index is 12.4. The van der Waals surface area contributed by atoms with Crippen LogP contribution in [-0.2, 0) is 10.8 Å². The first kappa shape index (κ1) is 37.1. The summed E-state index contributed by atoms with van der Waals surface area (Å²) < 4.78 is 53.6. The van der Waals surface area contributed by atoms with Gasteiger partial charge in [-0.1, -0.05) is 168 Å². The van der Waals surface area contributed by atoms with Crippen molar-refractivity contribution in [1.82, 2.24) is 14.5 Å². The van der Waals surface area contributed by atoms with E-state index in [0.29, 0.717) is 28.0 Å². The van der Waals surface area contributed by atoms with Crippen molar-refractivity contribution in [3.05, 3.63) is 167 Å². The third kappa shape index (κ3) is 8.55. The molecule has 0 aliphatic rings. The zero-order valence-electron chi connectivity index (χ0n) is 45.5. The number of fused-ring (bicyclic) bond motifs is 1. The highest BCUT2D eigenvalue weighted by atomic mass is 16.3. The van der Waals surface area contributed by atoms with Crippen LogP contribution < -0.4 is 0 Å². The van der Waals surface area contributed by atoms with Gasteiger partial charge in [-0.25, -0.2) is 4.98 Å². The molecule has 0 fully saturated rings. The predicted octanol–water partition coefficient (Wildman–Crippen LogP) is 16.7. The minimum absolute atomic E-state index is 0.0705. The van der Waals surface area contributed by atoms with E-state index in [1.807, 2.05) is 76.2 Å². The van der Waals surface area contributed by atoms with Crippen molar-refractivity contribution >= 4 is 11.0 Å². The Balaban J connectivity index is 1.42. The molecule has 64 heavy (non-hydrogen) atoms. The van der Waals surface area contributed by atoms with Crippen LogP contribution in [0.5, 0.6) is 5.75 Å². The van der Waals surface area contributed by atoms with E-state index in [1.54, 1.807) is 38.2 Å². The summed E-state index contributed by atoms with van der Waals surface area (Å²) in [5.41, 5.74) is 13.9. The van der Waals surface area contributed by atoms with Crippen LogP contribution in [0.3, 0.4) is 0 Å². The van der Waals surface area contributed by atoms with Crippen molar-refractivity contribution in [2.75, 3.05) is 0 Å². The predicted molar refractivity (Wildman–Crippen MR) is 272 cm³/mol. The molecule has 6 aromatic carbocycles. The number of phenolic OH excluding ortho intramolecular Hbond substituents is 1. The maximum Gasteiger partial charge on any atom is 0.149 e. The van der Waals surface area contributed by atoms with Gasteiger partial charge in [0.15, 0.2) is 0 Å². The molecule has 0 amide bonds. The number of phenols is 1. The van der Waals surface area contributed by atoms with Crippen LogP contribution in [0.1, 0.15) is 142 Å². The van der Waals surface area contributed by atoms with Crippen molar-refractivity contribution < 1.29 is 13.3 Å². The Labute approximate surface area is 390 Å². The van der Waals surface area contributed by atoms with Gasteiger partial charge in [0.05, 0.1) is 22.3 Å². The number of pyridine rings is 1. The van der Waals surface area contributed by atoms with Gasteiger partial charge in [0.1, 0.15) is 11.6 Å². The lowest BCUT2D eigenvalue weighted by molar-refractivity contribution is 0.466. The second-order valence-electron chi connectivity index (χ2n) is 19.9. The number of rotatable bonds is 9. The SMILES string of the molecule is [2H]C([2H])([2H])c1ccc(-c2ccnc(-c3cc(-c4cccc5c4nc(-c4cc(C([2H])(C)C)cc(C([2H])(C)C)c4O)n5-c4ccc(-c5ccccc5C(C)(C)C)c(C([2H])(C)C)c4)cc(C(C)(C)C)c3)c2)cc1. The van der Waals surface area contributed by atoms with Crippen LogP contribution >= 0.6 is 0 Å². The van der Waals surface area contributed by atoms with Gasteiger partial charge >= 0.3 is 0 Å². The van der Waals surface area contributed by atoms with Crippen LogP contribution in [-0.4, -0.2) is 19.6 Å². The summed E-state index contributed by atoms with van der Waals surface area (Å²) in [4.78, 5) is 10.4. The molecule has 2 heterocycles. The molecule has 4 nitrogen and oxygen atoms in total. The Morgan fingerprint density at radius 1 is 0.578 bits per heavy atom. The second kappa shape index (κ2) is 17.0. The molecule has 0 unspecified atom stereocenters. The average molecular weight is 850 g/mol. The second-order valence-corrected chi connectivity index (χ2v) is 19.9. The molecule has 8 aromatic rings. The average Bonchev–Trinajstić information content (AvgIpc) is 3.66. The molecular weight excluding hydrogens is 779 g/mol. The Bertz CT molecular complexity index is 3280. The first-order valence-electron chi connectivity index (χ1n) is 25.3. The summed E-state index contributed by atoms with van der Waals surface area (Å²) in [6, 6.07) is 41.9. The molecule has 8 rings (SSSR count). The van der Waals surface area contributed by atoms with Gasteiger partial charge in [-0.05, 0) is 140 Å². The van der Waals surface area contributed by atoms with E-state index in [-0.39, 0.29) is 22.1 Å². The van der Waals surface area contributed by atoms with E-state index >= 15 is 0 Å². The number of hydrogen-bond donors (Lipinski definition) is 1.